The maximum absolute atomic E-state index is 6.32. The molecule has 1 aliphatic rings. The number of aryl methyl sites for hydroxylation is 1. The molecule has 1 aromatic heterocycles. The van der Waals surface area contributed by atoms with E-state index >= 15 is 0 Å². The summed E-state index contributed by atoms with van der Waals surface area (Å²) in [7, 11) is 0. The molecule has 17 heavy (non-hydrogen) atoms. The van der Waals surface area contributed by atoms with Crippen LogP contribution in [0, 0.1) is 5.92 Å². The minimum atomic E-state index is -0.411. The number of nitrogens with two attached hydrogens (primary N) is 1. The summed E-state index contributed by atoms with van der Waals surface area (Å²) in [6.07, 6.45) is 3.39. The molecule has 1 aromatic carbocycles. The van der Waals surface area contributed by atoms with Gasteiger partial charge in [0.25, 0.3) is 0 Å². The SMILES string of the molecule is CCc1ccc2oc(C(C)(N)C3CC3)nc2c1. The lowest BCUT2D eigenvalue weighted by atomic mass is 9.97. The topological polar surface area (TPSA) is 52.0 Å². The van der Waals surface area contributed by atoms with Crippen LogP contribution >= 0.6 is 0 Å². The summed E-state index contributed by atoms with van der Waals surface area (Å²) in [4.78, 5) is 4.56. The van der Waals surface area contributed by atoms with Crippen molar-refractivity contribution < 1.29 is 4.42 Å². The van der Waals surface area contributed by atoms with Crippen molar-refractivity contribution in [2.75, 3.05) is 0 Å². The minimum absolute atomic E-state index is 0.411. The van der Waals surface area contributed by atoms with Gasteiger partial charge in [-0.25, -0.2) is 4.98 Å². The maximum atomic E-state index is 6.32. The first-order valence-corrected chi connectivity index (χ1v) is 6.30. The van der Waals surface area contributed by atoms with Gasteiger partial charge in [-0.1, -0.05) is 13.0 Å². The molecule has 0 saturated heterocycles. The van der Waals surface area contributed by atoms with Crippen molar-refractivity contribution in [3.05, 3.63) is 29.7 Å². The van der Waals surface area contributed by atoms with E-state index in [0.717, 1.165) is 17.5 Å². The first kappa shape index (κ1) is 10.8. The third-order valence-electron chi connectivity index (χ3n) is 3.75. The Bertz CT molecular complexity index is 552. The predicted octanol–water partition coefficient (Wildman–Crippen LogP) is 2.97. The molecule has 0 spiro atoms. The van der Waals surface area contributed by atoms with Gasteiger partial charge in [-0.05, 0) is 49.8 Å². The van der Waals surface area contributed by atoms with Crippen LogP contribution in [-0.2, 0) is 12.0 Å². The molecule has 90 valence electrons. The highest BCUT2D eigenvalue weighted by atomic mass is 16.4. The number of rotatable bonds is 3. The van der Waals surface area contributed by atoms with Crippen LogP contribution in [0.3, 0.4) is 0 Å². The van der Waals surface area contributed by atoms with Crippen molar-refractivity contribution in [3.8, 4) is 0 Å². The lowest BCUT2D eigenvalue weighted by Crippen LogP contribution is -2.35. The van der Waals surface area contributed by atoms with E-state index in [2.05, 4.69) is 24.0 Å². The Morgan fingerprint density at radius 3 is 2.88 bits per heavy atom. The van der Waals surface area contributed by atoms with Gasteiger partial charge in [0.2, 0.25) is 5.89 Å². The van der Waals surface area contributed by atoms with Crippen molar-refractivity contribution in [3.63, 3.8) is 0 Å². The van der Waals surface area contributed by atoms with Gasteiger partial charge in [0.1, 0.15) is 5.52 Å². The van der Waals surface area contributed by atoms with Gasteiger partial charge in [-0.3, -0.25) is 0 Å². The third kappa shape index (κ3) is 1.75. The van der Waals surface area contributed by atoms with Crippen LogP contribution < -0.4 is 5.73 Å². The smallest absolute Gasteiger partial charge is 0.215 e. The summed E-state index contributed by atoms with van der Waals surface area (Å²) in [5, 5.41) is 0. The summed E-state index contributed by atoms with van der Waals surface area (Å²) in [6, 6.07) is 6.17. The quantitative estimate of drug-likeness (QED) is 0.881. The second kappa shape index (κ2) is 3.57. The lowest BCUT2D eigenvalue weighted by Gasteiger charge is -2.19. The molecule has 1 unspecified atom stereocenters. The van der Waals surface area contributed by atoms with Gasteiger partial charge >= 0.3 is 0 Å². The molecule has 1 heterocycles. The Balaban J connectivity index is 2.06. The molecule has 1 fully saturated rings. The van der Waals surface area contributed by atoms with Crippen LogP contribution in [0.5, 0.6) is 0 Å². The average molecular weight is 230 g/mol. The predicted molar refractivity (Wildman–Crippen MR) is 67.7 cm³/mol. The van der Waals surface area contributed by atoms with Crippen molar-refractivity contribution in [1.29, 1.82) is 0 Å². The fraction of sp³-hybridized carbons (Fsp3) is 0.500. The van der Waals surface area contributed by atoms with Gasteiger partial charge in [0.05, 0.1) is 5.54 Å². The molecular formula is C14H18N2O. The molecule has 0 bridgehead atoms. The number of oxazole rings is 1. The van der Waals surface area contributed by atoms with E-state index in [1.165, 1.54) is 18.4 Å². The largest absolute Gasteiger partial charge is 0.439 e. The summed E-state index contributed by atoms with van der Waals surface area (Å²) in [5.41, 5.74) is 8.96. The second-order valence-electron chi connectivity index (χ2n) is 5.23. The van der Waals surface area contributed by atoms with Gasteiger partial charge in [0.15, 0.2) is 5.58 Å². The fourth-order valence-corrected chi connectivity index (χ4v) is 2.28. The minimum Gasteiger partial charge on any atom is -0.439 e. The number of benzene rings is 1. The molecule has 0 radical (unpaired) electrons. The Hall–Kier alpha value is -1.35. The summed E-state index contributed by atoms with van der Waals surface area (Å²) in [5.74, 6) is 1.21. The average Bonchev–Trinajstić information content (AvgIpc) is 3.08. The third-order valence-corrected chi connectivity index (χ3v) is 3.75. The normalized spacial score (nSPS) is 19.5. The Morgan fingerprint density at radius 1 is 1.47 bits per heavy atom. The number of hydrogen-bond acceptors (Lipinski definition) is 3. The Morgan fingerprint density at radius 2 is 2.24 bits per heavy atom. The Kier molecular flexibility index (Phi) is 2.26. The van der Waals surface area contributed by atoms with Crippen molar-refractivity contribution in [2.24, 2.45) is 11.7 Å². The van der Waals surface area contributed by atoms with E-state index in [9.17, 15) is 0 Å². The molecule has 1 atom stereocenters. The summed E-state index contributed by atoms with van der Waals surface area (Å²) < 4.78 is 5.80. The van der Waals surface area contributed by atoms with Crippen LogP contribution in [0.2, 0.25) is 0 Å². The van der Waals surface area contributed by atoms with E-state index in [1.807, 2.05) is 13.0 Å². The molecule has 3 heteroatoms. The van der Waals surface area contributed by atoms with Crippen molar-refractivity contribution >= 4 is 11.1 Å². The number of hydrogen-bond donors (Lipinski definition) is 1. The molecule has 3 nitrogen and oxygen atoms in total. The van der Waals surface area contributed by atoms with Crippen LogP contribution in [0.1, 0.15) is 38.1 Å². The number of nitrogens with zero attached hydrogens (tertiary/aromatic N) is 1. The highest BCUT2D eigenvalue weighted by Gasteiger charge is 2.43. The van der Waals surface area contributed by atoms with E-state index < -0.39 is 5.54 Å². The van der Waals surface area contributed by atoms with E-state index in [0.29, 0.717) is 11.8 Å². The van der Waals surface area contributed by atoms with Crippen LogP contribution in [0.4, 0.5) is 0 Å². The zero-order valence-electron chi connectivity index (χ0n) is 10.4. The van der Waals surface area contributed by atoms with Crippen LogP contribution in [0.25, 0.3) is 11.1 Å². The molecule has 0 amide bonds. The van der Waals surface area contributed by atoms with E-state index in [-0.39, 0.29) is 0 Å². The van der Waals surface area contributed by atoms with Crippen molar-refractivity contribution in [1.82, 2.24) is 4.98 Å². The maximum Gasteiger partial charge on any atom is 0.215 e. The van der Waals surface area contributed by atoms with Crippen molar-refractivity contribution in [2.45, 2.75) is 38.6 Å². The molecular weight excluding hydrogens is 212 g/mol. The monoisotopic (exact) mass is 230 g/mol. The summed E-state index contributed by atoms with van der Waals surface area (Å²) in [6.45, 7) is 4.16. The van der Waals surface area contributed by atoms with Gasteiger partial charge in [-0.15, -0.1) is 0 Å². The summed E-state index contributed by atoms with van der Waals surface area (Å²) >= 11 is 0. The van der Waals surface area contributed by atoms with Gasteiger partial charge < -0.3 is 10.2 Å². The molecule has 2 aromatic rings. The lowest BCUT2D eigenvalue weighted by molar-refractivity contribution is 0.327. The van der Waals surface area contributed by atoms with Crippen LogP contribution in [0.15, 0.2) is 22.6 Å². The highest BCUT2D eigenvalue weighted by molar-refractivity contribution is 5.73. The molecule has 3 rings (SSSR count). The van der Waals surface area contributed by atoms with E-state index in [1.54, 1.807) is 0 Å². The molecule has 2 N–H and O–H groups in total. The second-order valence-corrected chi connectivity index (χ2v) is 5.23. The highest BCUT2D eigenvalue weighted by Crippen LogP contribution is 2.43. The molecule has 0 aliphatic heterocycles. The number of aromatic nitrogens is 1. The van der Waals surface area contributed by atoms with E-state index in [4.69, 9.17) is 10.2 Å². The first-order chi connectivity index (χ1) is 8.11. The number of fused-ring (bicyclic) bond motifs is 1. The standard InChI is InChI=1S/C14H18N2O/c1-3-9-4-7-12-11(8-9)16-13(17-12)14(2,15)10-5-6-10/h4,7-8,10H,3,5-6,15H2,1-2H3. The zero-order chi connectivity index (χ0) is 12.0. The molecule has 1 saturated carbocycles. The van der Waals surface area contributed by atoms with Gasteiger partial charge in [-0.2, -0.15) is 0 Å². The zero-order valence-corrected chi connectivity index (χ0v) is 10.4. The molecule has 1 aliphatic carbocycles. The first-order valence-electron chi connectivity index (χ1n) is 6.30. The van der Waals surface area contributed by atoms with Crippen LogP contribution in [-0.4, -0.2) is 4.98 Å². The van der Waals surface area contributed by atoms with Gasteiger partial charge in [0, 0.05) is 0 Å². The fourth-order valence-electron chi connectivity index (χ4n) is 2.28. The Labute approximate surface area is 101 Å².